The summed E-state index contributed by atoms with van der Waals surface area (Å²) in [6.07, 6.45) is 4.34. The molecule has 14 heavy (non-hydrogen) atoms. The lowest BCUT2D eigenvalue weighted by molar-refractivity contribution is 0.112. The van der Waals surface area contributed by atoms with Crippen molar-refractivity contribution in [2.45, 2.75) is 33.1 Å². The largest absolute Gasteiger partial charge is 0.304 e. The summed E-state index contributed by atoms with van der Waals surface area (Å²) in [5.74, 6) is 0. The third-order valence-electron chi connectivity index (χ3n) is 4.33. The molecule has 2 heterocycles. The van der Waals surface area contributed by atoms with E-state index in [-0.39, 0.29) is 0 Å². The van der Waals surface area contributed by atoms with Crippen molar-refractivity contribution < 1.29 is 0 Å². The van der Waals surface area contributed by atoms with Crippen LogP contribution in [0.25, 0.3) is 0 Å². The first-order valence-electron chi connectivity index (χ1n) is 6.23. The summed E-state index contributed by atoms with van der Waals surface area (Å²) in [7, 11) is 0. The highest BCUT2D eigenvalue weighted by atomic mass is 15.2. The van der Waals surface area contributed by atoms with E-state index in [0.717, 1.165) is 0 Å². The van der Waals surface area contributed by atoms with Crippen LogP contribution in [0.3, 0.4) is 0 Å². The molecule has 0 aliphatic carbocycles. The molecule has 2 aliphatic heterocycles. The maximum atomic E-state index is 2.63. The highest BCUT2D eigenvalue weighted by molar-refractivity contribution is 4.93. The van der Waals surface area contributed by atoms with Gasteiger partial charge in [0.05, 0.1) is 0 Å². The van der Waals surface area contributed by atoms with Gasteiger partial charge in [-0.25, -0.2) is 0 Å². The molecule has 2 nitrogen and oxygen atoms in total. The zero-order chi connectivity index (χ0) is 10.0. The van der Waals surface area contributed by atoms with Crippen molar-refractivity contribution in [1.29, 1.82) is 0 Å². The van der Waals surface area contributed by atoms with Gasteiger partial charge in [0.1, 0.15) is 0 Å². The molecule has 0 aromatic rings. The Balaban J connectivity index is 1.87. The second-order valence-corrected chi connectivity index (χ2v) is 5.05. The van der Waals surface area contributed by atoms with Crippen LogP contribution in [0.2, 0.25) is 0 Å². The van der Waals surface area contributed by atoms with Gasteiger partial charge in [0, 0.05) is 6.54 Å². The molecule has 0 aromatic heterocycles. The Bertz CT molecular complexity index is 183. The minimum atomic E-state index is 0.710. The zero-order valence-corrected chi connectivity index (χ0v) is 9.76. The molecular weight excluding hydrogens is 172 g/mol. The maximum Gasteiger partial charge on any atom is 0.00393 e. The fourth-order valence-electron chi connectivity index (χ4n) is 3.05. The van der Waals surface area contributed by atoms with E-state index >= 15 is 0 Å². The Labute approximate surface area is 88.3 Å². The Morgan fingerprint density at radius 3 is 1.79 bits per heavy atom. The summed E-state index contributed by atoms with van der Waals surface area (Å²) in [5, 5.41) is 0. The summed E-state index contributed by atoms with van der Waals surface area (Å²) in [4.78, 5) is 5.22. The molecule has 1 spiro atoms. The first-order valence-corrected chi connectivity index (χ1v) is 6.23. The molecule has 0 bridgehead atoms. The Morgan fingerprint density at radius 2 is 1.36 bits per heavy atom. The Morgan fingerprint density at radius 1 is 0.857 bits per heavy atom. The quantitative estimate of drug-likeness (QED) is 0.664. The predicted molar refractivity (Wildman–Crippen MR) is 60.5 cm³/mol. The van der Waals surface area contributed by atoms with E-state index in [4.69, 9.17) is 0 Å². The van der Waals surface area contributed by atoms with E-state index in [2.05, 4.69) is 23.6 Å². The predicted octanol–water partition coefficient (Wildman–Crippen LogP) is 1.81. The smallest absolute Gasteiger partial charge is 0.00393 e. The molecule has 0 amide bonds. The normalized spacial score (nSPS) is 28.7. The number of rotatable bonds is 2. The number of hydrogen-bond donors (Lipinski definition) is 0. The van der Waals surface area contributed by atoms with Gasteiger partial charge in [-0.05, 0) is 57.4 Å². The highest BCUT2D eigenvalue weighted by Gasteiger charge is 2.39. The number of nitrogens with zero attached hydrogens (tertiary/aromatic N) is 2. The Kier molecular flexibility index (Phi) is 3.13. The first kappa shape index (κ1) is 10.4. The molecule has 0 saturated carbocycles. The summed E-state index contributed by atoms with van der Waals surface area (Å²) in [6.45, 7) is 12.5. The first-order chi connectivity index (χ1) is 6.78. The van der Waals surface area contributed by atoms with Gasteiger partial charge in [-0.3, -0.25) is 0 Å². The third kappa shape index (κ3) is 1.96. The van der Waals surface area contributed by atoms with E-state index in [1.165, 1.54) is 58.5 Å². The lowest BCUT2D eigenvalue weighted by Gasteiger charge is -2.39. The van der Waals surface area contributed by atoms with Crippen LogP contribution in [-0.2, 0) is 0 Å². The van der Waals surface area contributed by atoms with E-state index in [0.29, 0.717) is 5.41 Å². The monoisotopic (exact) mass is 196 g/mol. The topological polar surface area (TPSA) is 6.48 Å². The van der Waals surface area contributed by atoms with Crippen molar-refractivity contribution in [3.63, 3.8) is 0 Å². The molecule has 2 fully saturated rings. The average molecular weight is 196 g/mol. The van der Waals surface area contributed by atoms with Crippen molar-refractivity contribution in [2.75, 3.05) is 39.3 Å². The van der Waals surface area contributed by atoms with Crippen molar-refractivity contribution in [3.05, 3.63) is 0 Å². The molecule has 2 aliphatic rings. The number of hydrogen-bond acceptors (Lipinski definition) is 2. The molecule has 0 aromatic carbocycles. The van der Waals surface area contributed by atoms with E-state index < -0.39 is 0 Å². The minimum absolute atomic E-state index is 0.710. The highest BCUT2D eigenvalue weighted by Crippen LogP contribution is 2.39. The van der Waals surface area contributed by atoms with Gasteiger partial charge in [0.2, 0.25) is 0 Å². The molecule has 2 heteroatoms. The second-order valence-electron chi connectivity index (χ2n) is 5.05. The summed E-state index contributed by atoms with van der Waals surface area (Å²) in [6, 6.07) is 0. The molecule has 2 rings (SSSR count). The van der Waals surface area contributed by atoms with Gasteiger partial charge in [0.15, 0.2) is 0 Å². The van der Waals surface area contributed by atoms with Gasteiger partial charge in [0.25, 0.3) is 0 Å². The van der Waals surface area contributed by atoms with Crippen LogP contribution >= 0.6 is 0 Å². The molecule has 0 unspecified atom stereocenters. The van der Waals surface area contributed by atoms with E-state index in [9.17, 15) is 0 Å². The van der Waals surface area contributed by atoms with E-state index in [1.807, 2.05) is 0 Å². The van der Waals surface area contributed by atoms with Crippen LogP contribution in [-0.4, -0.2) is 49.1 Å². The van der Waals surface area contributed by atoms with Crippen LogP contribution < -0.4 is 0 Å². The fraction of sp³-hybridized carbons (Fsp3) is 1.00. The molecule has 0 radical (unpaired) electrons. The van der Waals surface area contributed by atoms with Gasteiger partial charge >= 0.3 is 0 Å². The van der Waals surface area contributed by atoms with Crippen molar-refractivity contribution in [2.24, 2.45) is 5.41 Å². The minimum Gasteiger partial charge on any atom is -0.304 e. The molecule has 82 valence electrons. The van der Waals surface area contributed by atoms with Crippen LogP contribution in [0, 0.1) is 5.41 Å². The lowest BCUT2D eigenvalue weighted by Crippen LogP contribution is -2.41. The summed E-state index contributed by atoms with van der Waals surface area (Å²) in [5.41, 5.74) is 0.710. The van der Waals surface area contributed by atoms with Crippen molar-refractivity contribution >= 4 is 0 Å². The third-order valence-corrected chi connectivity index (χ3v) is 4.33. The van der Waals surface area contributed by atoms with Crippen molar-refractivity contribution in [3.8, 4) is 0 Å². The van der Waals surface area contributed by atoms with Crippen LogP contribution in [0.15, 0.2) is 0 Å². The number of piperidine rings is 1. The lowest BCUT2D eigenvalue weighted by atomic mass is 9.78. The number of likely N-dealkylation sites (tertiary alicyclic amines) is 2. The van der Waals surface area contributed by atoms with Gasteiger partial charge in [-0.15, -0.1) is 0 Å². The Hall–Kier alpha value is -0.0800. The average Bonchev–Trinajstić information content (AvgIpc) is 2.63. The van der Waals surface area contributed by atoms with Crippen LogP contribution in [0.4, 0.5) is 0 Å². The molecular formula is C12H24N2. The standard InChI is InChI=1S/C12H24N2/c1-3-13-8-5-12(6-9-13)7-10-14(4-2)11-12/h3-11H2,1-2H3. The SMILES string of the molecule is CCN1CCC2(CC1)CCN(CC)C2. The van der Waals surface area contributed by atoms with E-state index in [1.54, 1.807) is 0 Å². The fourth-order valence-corrected chi connectivity index (χ4v) is 3.05. The van der Waals surface area contributed by atoms with Gasteiger partial charge in [-0.2, -0.15) is 0 Å². The molecule has 0 atom stereocenters. The second kappa shape index (κ2) is 4.19. The molecule has 2 saturated heterocycles. The van der Waals surface area contributed by atoms with Crippen LogP contribution in [0.5, 0.6) is 0 Å². The van der Waals surface area contributed by atoms with Gasteiger partial charge < -0.3 is 9.80 Å². The van der Waals surface area contributed by atoms with Crippen molar-refractivity contribution in [1.82, 2.24) is 9.80 Å². The summed E-state index contributed by atoms with van der Waals surface area (Å²) < 4.78 is 0. The zero-order valence-electron chi connectivity index (χ0n) is 9.76. The summed E-state index contributed by atoms with van der Waals surface area (Å²) >= 11 is 0. The molecule has 0 N–H and O–H groups in total. The van der Waals surface area contributed by atoms with Gasteiger partial charge in [-0.1, -0.05) is 13.8 Å². The maximum absolute atomic E-state index is 2.63. The van der Waals surface area contributed by atoms with Crippen LogP contribution in [0.1, 0.15) is 33.1 Å².